The molecule has 0 radical (unpaired) electrons. The van der Waals surface area contributed by atoms with Crippen LogP contribution in [0.15, 0.2) is 30.3 Å². The monoisotopic (exact) mass is 480 g/mol. The molecule has 0 aliphatic carbocycles. The van der Waals surface area contributed by atoms with Crippen LogP contribution in [0.5, 0.6) is 0 Å². The molecule has 2 aromatic rings. The summed E-state index contributed by atoms with van der Waals surface area (Å²) in [5, 5.41) is 12.8. The summed E-state index contributed by atoms with van der Waals surface area (Å²) in [5.41, 5.74) is 8.90. The van der Waals surface area contributed by atoms with Gasteiger partial charge in [-0.1, -0.05) is 29.3 Å². The number of nitro groups is 1. The van der Waals surface area contributed by atoms with E-state index in [-0.39, 0.29) is 35.4 Å². The van der Waals surface area contributed by atoms with Crippen molar-refractivity contribution in [3.8, 4) is 0 Å². The van der Waals surface area contributed by atoms with Crippen LogP contribution in [-0.2, 0) is 6.54 Å². The minimum Gasteiger partial charge on any atom is -0.398 e. The molecule has 160 valence electrons. The summed E-state index contributed by atoms with van der Waals surface area (Å²) < 4.78 is 0. The van der Waals surface area contributed by atoms with Crippen LogP contribution in [0.3, 0.4) is 0 Å². The highest BCUT2D eigenvalue weighted by Gasteiger charge is 2.24. The lowest BCUT2D eigenvalue weighted by Crippen LogP contribution is -2.31. The topological polar surface area (TPSA) is 75.6 Å². The second-order valence-corrected chi connectivity index (χ2v) is 7.59. The zero-order valence-electron chi connectivity index (χ0n) is 15.9. The van der Waals surface area contributed by atoms with Gasteiger partial charge in [0.05, 0.1) is 4.92 Å². The fourth-order valence-corrected chi connectivity index (χ4v) is 3.89. The summed E-state index contributed by atoms with van der Waals surface area (Å²) in [6.07, 6.45) is 0.882. The Morgan fingerprint density at radius 2 is 1.76 bits per heavy atom. The lowest BCUT2D eigenvalue weighted by atomic mass is 10.1. The van der Waals surface area contributed by atoms with Gasteiger partial charge in [-0.15, -0.1) is 24.8 Å². The normalized spacial score (nSPS) is 14.5. The van der Waals surface area contributed by atoms with Crippen LogP contribution in [0.2, 0.25) is 10.0 Å². The number of benzene rings is 2. The Balaban J connectivity index is 0.00000210. The SMILES string of the molecule is Cc1cc([N+](=O)[O-])c(N2CCCN(Cc3c(Cl)cccc3Cl)CC2)cc1N.Cl.Cl. The number of rotatable bonds is 4. The summed E-state index contributed by atoms with van der Waals surface area (Å²) in [4.78, 5) is 15.5. The van der Waals surface area contributed by atoms with Gasteiger partial charge < -0.3 is 10.6 Å². The molecule has 0 atom stereocenters. The van der Waals surface area contributed by atoms with Crippen LogP contribution in [0.4, 0.5) is 17.1 Å². The molecule has 0 bridgehead atoms. The van der Waals surface area contributed by atoms with E-state index in [0.717, 1.165) is 37.2 Å². The largest absolute Gasteiger partial charge is 0.398 e. The van der Waals surface area contributed by atoms with Crippen LogP contribution in [0.25, 0.3) is 0 Å². The van der Waals surface area contributed by atoms with Gasteiger partial charge in [0.1, 0.15) is 5.69 Å². The van der Waals surface area contributed by atoms with Gasteiger partial charge in [-0.2, -0.15) is 0 Å². The number of hydrogen-bond donors (Lipinski definition) is 1. The maximum absolute atomic E-state index is 11.5. The molecule has 0 amide bonds. The van der Waals surface area contributed by atoms with Crippen molar-refractivity contribution in [1.29, 1.82) is 0 Å². The predicted octanol–water partition coefficient (Wildman–Crippen LogP) is 5.35. The Hall–Kier alpha value is -1.44. The number of nitrogens with two attached hydrogens (primary N) is 1. The van der Waals surface area contributed by atoms with Gasteiger partial charge in [0.15, 0.2) is 0 Å². The number of nitro benzene ring substituents is 1. The minimum atomic E-state index is -0.339. The van der Waals surface area contributed by atoms with E-state index in [0.29, 0.717) is 34.5 Å². The Bertz CT molecular complexity index is 846. The number of anilines is 2. The molecular formula is C19H24Cl4N4O2. The molecule has 1 aliphatic heterocycles. The van der Waals surface area contributed by atoms with Crippen molar-refractivity contribution in [3.63, 3.8) is 0 Å². The highest BCUT2D eigenvalue weighted by Crippen LogP contribution is 2.33. The van der Waals surface area contributed by atoms with E-state index in [1.807, 2.05) is 23.1 Å². The van der Waals surface area contributed by atoms with E-state index < -0.39 is 0 Å². The molecule has 0 saturated carbocycles. The van der Waals surface area contributed by atoms with Gasteiger partial charge in [0.2, 0.25) is 0 Å². The van der Waals surface area contributed by atoms with Gasteiger partial charge in [0.25, 0.3) is 5.69 Å². The molecule has 29 heavy (non-hydrogen) atoms. The van der Waals surface area contributed by atoms with Gasteiger partial charge >= 0.3 is 0 Å². The standard InChI is InChI=1S/C19H22Cl2N4O2.2ClH/c1-13-10-19(25(26)27)18(11-17(13)22)24-7-3-6-23(8-9-24)12-14-15(20)4-2-5-16(14)21;;/h2,4-5,10-11H,3,6-9,12,22H2,1H3;2*1H. The number of nitrogen functional groups attached to an aromatic ring is 1. The average Bonchev–Trinajstić information content (AvgIpc) is 2.85. The Morgan fingerprint density at radius 3 is 2.38 bits per heavy atom. The van der Waals surface area contributed by atoms with Gasteiger partial charge in [0, 0.05) is 60.1 Å². The molecule has 1 heterocycles. The Kier molecular flexibility index (Phi) is 9.79. The fraction of sp³-hybridized carbons (Fsp3) is 0.368. The van der Waals surface area contributed by atoms with Gasteiger partial charge in [-0.05, 0) is 37.1 Å². The van der Waals surface area contributed by atoms with Crippen LogP contribution >= 0.6 is 48.0 Å². The number of hydrogen-bond acceptors (Lipinski definition) is 5. The maximum atomic E-state index is 11.5. The highest BCUT2D eigenvalue weighted by molar-refractivity contribution is 6.35. The zero-order chi connectivity index (χ0) is 19.6. The van der Waals surface area contributed by atoms with Crippen LogP contribution in [0.1, 0.15) is 17.5 Å². The van der Waals surface area contributed by atoms with Crippen LogP contribution in [-0.4, -0.2) is 36.0 Å². The second-order valence-electron chi connectivity index (χ2n) is 6.77. The number of halogens is 4. The van der Waals surface area contributed by atoms with E-state index in [1.165, 1.54) is 0 Å². The quantitative estimate of drug-likeness (QED) is 0.362. The third-order valence-corrected chi connectivity index (χ3v) is 5.64. The summed E-state index contributed by atoms with van der Waals surface area (Å²) in [6.45, 7) is 5.47. The maximum Gasteiger partial charge on any atom is 0.292 e. The molecule has 3 rings (SSSR count). The van der Waals surface area contributed by atoms with E-state index >= 15 is 0 Å². The van der Waals surface area contributed by atoms with Crippen molar-refractivity contribution in [2.24, 2.45) is 0 Å². The van der Waals surface area contributed by atoms with Crippen molar-refractivity contribution in [3.05, 3.63) is 61.6 Å². The molecule has 1 aliphatic rings. The van der Waals surface area contributed by atoms with E-state index in [9.17, 15) is 10.1 Å². The van der Waals surface area contributed by atoms with Crippen LogP contribution in [0, 0.1) is 17.0 Å². The summed E-state index contributed by atoms with van der Waals surface area (Å²) in [5.74, 6) is 0. The molecule has 6 nitrogen and oxygen atoms in total. The van der Waals surface area contributed by atoms with Crippen molar-refractivity contribution >= 4 is 65.1 Å². The Labute approximate surface area is 192 Å². The molecule has 2 aromatic carbocycles. The van der Waals surface area contributed by atoms with Crippen molar-refractivity contribution < 1.29 is 4.92 Å². The smallest absolute Gasteiger partial charge is 0.292 e. The fourth-order valence-electron chi connectivity index (χ4n) is 3.37. The first-order valence-corrected chi connectivity index (χ1v) is 9.57. The molecule has 0 aromatic heterocycles. The highest BCUT2D eigenvalue weighted by atomic mass is 35.5. The Morgan fingerprint density at radius 1 is 1.10 bits per heavy atom. The third-order valence-electron chi connectivity index (χ3n) is 4.93. The van der Waals surface area contributed by atoms with Gasteiger partial charge in [-0.25, -0.2) is 0 Å². The molecule has 0 spiro atoms. The summed E-state index contributed by atoms with van der Waals surface area (Å²) in [7, 11) is 0. The third kappa shape index (κ3) is 6.03. The second kappa shape index (κ2) is 11.1. The van der Waals surface area contributed by atoms with Crippen molar-refractivity contribution in [1.82, 2.24) is 4.90 Å². The van der Waals surface area contributed by atoms with E-state index in [4.69, 9.17) is 28.9 Å². The average molecular weight is 482 g/mol. The first-order chi connectivity index (χ1) is 12.9. The summed E-state index contributed by atoms with van der Waals surface area (Å²) in [6, 6.07) is 8.78. The number of aryl methyl sites for hydroxylation is 1. The number of nitrogens with zero attached hydrogens (tertiary/aromatic N) is 3. The first-order valence-electron chi connectivity index (χ1n) is 8.81. The van der Waals surface area contributed by atoms with Crippen molar-refractivity contribution in [2.45, 2.75) is 19.9 Å². The molecule has 1 fully saturated rings. The lowest BCUT2D eigenvalue weighted by Gasteiger charge is -2.24. The summed E-state index contributed by atoms with van der Waals surface area (Å²) >= 11 is 12.6. The first kappa shape index (κ1) is 25.6. The van der Waals surface area contributed by atoms with Crippen LogP contribution < -0.4 is 10.6 Å². The minimum absolute atomic E-state index is 0. The van der Waals surface area contributed by atoms with E-state index in [2.05, 4.69) is 4.90 Å². The molecule has 10 heteroatoms. The molecule has 1 saturated heterocycles. The van der Waals surface area contributed by atoms with Crippen molar-refractivity contribution in [2.75, 3.05) is 36.8 Å². The molecule has 0 unspecified atom stereocenters. The van der Waals surface area contributed by atoms with Gasteiger partial charge in [-0.3, -0.25) is 15.0 Å². The van der Waals surface area contributed by atoms with E-state index in [1.54, 1.807) is 19.1 Å². The molecule has 2 N–H and O–H groups in total. The molecular weight excluding hydrogens is 458 g/mol. The zero-order valence-corrected chi connectivity index (χ0v) is 19.1. The predicted molar refractivity (Wildman–Crippen MR) is 125 cm³/mol. The lowest BCUT2D eigenvalue weighted by molar-refractivity contribution is -0.384.